The molecule has 3 rings (SSSR count). The Morgan fingerprint density at radius 3 is 2.59 bits per heavy atom. The SMILES string of the molecule is CC(C)N(C)c1nc2c(n1C)N=CN(C)C2NC1CCCC1. The zero-order chi connectivity index (χ0) is 15.9. The van der Waals surface area contributed by atoms with Gasteiger partial charge in [-0.1, -0.05) is 12.8 Å². The maximum Gasteiger partial charge on any atom is 0.207 e. The molecule has 6 heteroatoms. The van der Waals surface area contributed by atoms with Gasteiger partial charge < -0.3 is 9.80 Å². The van der Waals surface area contributed by atoms with E-state index in [-0.39, 0.29) is 6.17 Å². The standard InChI is InChI=1S/C16H28N6/c1-11(2)21(4)16-19-13-14(22(16)5)17-10-20(3)15(13)18-12-8-6-7-9-12/h10-12,15,18H,6-9H2,1-5H3. The average Bonchev–Trinajstić information content (AvgIpc) is 3.09. The smallest absolute Gasteiger partial charge is 0.207 e. The van der Waals surface area contributed by atoms with Crippen LogP contribution in [0.5, 0.6) is 0 Å². The number of aromatic nitrogens is 2. The number of anilines is 1. The predicted molar refractivity (Wildman–Crippen MR) is 90.8 cm³/mol. The first-order chi connectivity index (χ1) is 10.5. The van der Waals surface area contributed by atoms with Gasteiger partial charge in [0.1, 0.15) is 11.9 Å². The number of hydrogen-bond donors (Lipinski definition) is 1. The summed E-state index contributed by atoms with van der Waals surface area (Å²) in [7, 11) is 6.21. The fraction of sp³-hybridized carbons (Fsp3) is 0.750. The van der Waals surface area contributed by atoms with Gasteiger partial charge in [0.15, 0.2) is 5.82 Å². The van der Waals surface area contributed by atoms with Crippen molar-refractivity contribution in [3.05, 3.63) is 5.69 Å². The van der Waals surface area contributed by atoms with E-state index in [1.807, 2.05) is 6.34 Å². The molecule has 1 N–H and O–H groups in total. The van der Waals surface area contributed by atoms with Crippen LogP contribution in [-0.2, 0) is 7.05 Å². The molecule has 0 amide bonds. The Balaban J connectivity index is 1.92. The van der Waals surface area contributed by atoms with E-state index in [4.69, 9.17) is 4.98 Å². The number of nitrogens with one attached hydrogen (secondary N) is 1. The lowest BCUT2D eigenvalue weighted by Crippen LogP contribution is -2.41. The van der Waals surface area contributed by atoms with E-state index in [9.17, 15) is 0 Å². The lowest BCUT2D eigenvalue weighted by molar-refractivity contribution is 0.277. The lowest BCUT2D eigenvalue weighted by Gasteiger charge is -2.31. The van der Waals surface area contributed by atoms with Crippen molar-refractivity contribution in [2.75, 3.05) is 19.0 Å². The molecular formula is C16H28N6. The highest BCUT2D eigenvalue weighted by molar-refractivity contribution is 5.67. The third-order valence-corrected chi connectivity index (χ3v) is 4.93. The van der Waals surface area contributed by atoms with Crippen LogP contribution >= 0.6 is 0 Å². The number of imidazole rings is 1. The van der Waals surface area contributed by atoms with E-state index >= 15 is 0 Å². The van der Waals surface area contributed by atoms with Gasteiger partial charge in [-0.3, -0.25) is 9.88 Å². The Hall–Kier alpha value is -1.56. The summed E-state index contributed by atoms with van der Waals surface area (Å²) in [5.41, 5.74) is 1.04. The summed E-state index contributed by atoms with van der Waals surface area (Å²) in [5, 5.41) is 3.77. The zero-order valence-electron chi connectivity index (χ0n) is 14.4. The van der Waals surface area contributed by atoms with Crippen molar-refractivity contribution in [2.45, 2.75) is 57.8 Å². The Labute approximate surface area is 133 Å². The van der Waals surface area contributed by atoms with Gasteiger partial charge in [0.05, 0.1) is 6.34 Å². The first-order valence-corrected chi connectivity index (χ1v) is 8.30. The molecule has 1 unspecified atom stereocenters. The fourth-order valence-corrected chi connectivity index (χ4v) is 3.30. The van der Waals surface area contributed by atoms with Crippen LogP contribution in [-0.4, -0.2) is 47.0 Å². The highest BCUT2D eigenvalue weighted by Crippen LogP contribution is 2.35. The molecule has 0 saturated heterocycles. The van der Waals surface area contributed by atoms with E-state index in [1.54, 1.807) is 0 Å². The molecule has 0 radical (unpaired) electrons. The topological polar surface area (TPSA) is 48.7 Å². The average molecular weight is 304 g/mol. The predicted octanol–water partition coefficient (Wildman–Crippen LogP) is 2.40. The van der Waals surface area contributed by atoms with Crippen LogP contribution in [0.3, 0.4) is 0 Å². The molecule has 1 saturated carbocycles. The van der Waals surface area contributed by atoms with E-state index < -0.39 is 0 Å². The van der Waals surface area contributed by atoms with Gasteiger partial charge in [-0.2, -0.15) is 0 Å². The third-order valence-electron chi connectivity index (χ3n) is 4.93. The second-order valence-corrected chi connectivity index (χ2v) is 6.84. The summed E-state index contributed by atoms with van der Waals surface area (Å²) < 4.78 is 2.10. The molecule has 1 aliphatic heterocycles. The quantitative estimate of drug-likeness (QED) is 0.928. The molecule has 2 aliphatic rings. The lowest BCUT2D eigenvalue weighted by atomic mass is 10.2. The number of rotatable bonds is 4. The van der Waals surface area contributed by atoms with Crippen molar-refractivity contribution in [3.8, 4) is 0 Å². The second kappa shape index (κ2) is 5.91. The van der Waals surface area contributed by atoms with Gasteiger partial charge in [0, 0.05) is 33.2 Å². The molecule has 0 spiro atoms. The summed E-state index contributed by atoms with van der Waals surface area (Å²) in [6.07, 6.45) is 7.23. The minimum Gasteiger partial charge on any atom is -0.344 e. The van der Waals surface area contributed by atoms with Gasteiger partial charge in [0.25, 0.3) is 0 Å². The van der Waals surface area contributed by atoms with Crippen molar-refractivity contribution in [3.63, 3.8) is 0 Å². The molecule has 2 heterocycles. The molecular weight excluding hydrogens is 276 g/mol. The monoisotopic (exact) mass is 304 g/mol. The summed E-state index contributed by atoms with van der Waals surface area (Å²) in [5.74, 6) is 1.95. The van der Waals surface area contributed by atoms with Crippen LogP contribution in [0, 0.1) is 0 Å². The van der Waals surface area contributed by atoms with Gasteiger partial charge >= 0.3 is 0 Å². The molecule has 1 aromatic rings. The maximum atomic E-state index is 4.92. The number of fused-ring (bicyclic) bond motifs is 1. The molecule has 1 aromatic heterocycles. The number of nitrogens with zero attached hydrogens (tertiary/aromatic N) is 5. The number of aliphatic imine (C=N–C) groups is 1. The van der Waals surface area contributed by atoms with Gasteiger partial charge in [0.2, 0.25) is 5.95 Å². The van der Waals surface area contributed by atoms with E-state index in [0.29, 0.717) is 12.1 Å². The van der Waals surface area contributed by atoms with Crippen LogP contribution in [0.15, 0.2) is 4.99 Å². The summed E-state index contributed by atoms with van der Waals surface area (Å²) in [6.45, 7) is 4.36. The Bertz CT molecular complexity index is 555. The molecule has 22 heavy (non-hydrogen) atoms. The van der Waals surface area contributed by atoms with Crippen LogP contribution in [0.4, 0.5) is 11.8 Å². The van der Waals surface area contributed by atoms with Crippen molar-refractivity contribution >= 4 is 18.1 Å². The highest BCUT2D eigenvalue weighted by Gasteiger charge is 2.31. The summed E-state index contributed by atoms with van der Waals surface area (Å²) in [4.78, 5) is 13.8. The zero-order valence-corrected chi connectivity index (χ0v) is 14.4. The van der Waals surface area contributed by atoms with E-state index in [1.165, 1.54) is 25.7 Å². The van der Waals surface area contributed by atoms with Crippen molar-refractivity contribution in [1.82, 2.24) is 19.8 Å². The van der Waals surface area contributed by atoms with Crippen LogP contribution < -0.4 is 10.2 Å². The Morgan fingerprint density at radius 1 is 1.27 bits per heavy atom. The molecule has 0 aromatic carbocycles. The molecule has 1 fully saturated rings. The largest absolute Gasteiger partial charge is 0.344 e. The van der Waals surface area contributed by atoms with Crippen molar-refractivity contribution in [1.29, 1.82) is 0 Å². The van der Waals surface area contributed by atoms with Crippen molar-refractivity contribution in [2.24, 2.45) is 12.0 Å². The van der Waals surface area contributed by atoms with Crippen LogP contribution in [0.2, 0.25) is 0 Å². The fourth-order valence-electron chi connectivity index (χ4n) is 3.30. The minimum absolute atomic E-state index is 0.121. The minimum atomic E-state index is 0.121. The molecule has 122 valence electrons. The summed E-state index contributed by atoms with van der Waals surface area (Å²) >= 11 is 0. The molecule has 0 bridgehead atoms. The normalized spacial score (nSPS) is 21.7. The van der Waals surface area contributed by atoms with E-state index in [2.05, 4.69) is 59.7 Å². The van der Waals surface area contributed by atoms with Gasteiger partial charge in [-0.25, -0.2) is 9.98 Å². The molecule has 6 nitrogen and oxygen atoms in total. The maximum absolute atomic E-state index is 4.92. The Kier molecular flexibility index (Phi) is 4.12. The van der Waals surface area contributed by atoms with Crippen LogP contribution in [0.1, 0.15) is 51.4 Å². The van der Waals surface area contributed by atoms with Gasteiger partial charge in [-0.15, -0.1) is 0 Å². The Morgan fingerprint density at radius 2 is 1.95 bits per heavy atom. The van der Waals surface area contributed by atoms with Crippen LogP contribution in [0.25, 0.3) is 0 Å². The molecule has 1 aliphatic carbocycles. The number of hydrogen-bond acceptors (Lipinski definition) is 5. The first kappa shape index (κ1) is 15.3. The third kappa shape index (κ3) is 2.60. The highest BCUT2D eigenvalue weighted by atomic mass is 15.4. The molecule has 1 atom stereocenters. The summed E-state index contributed by atoms with van der Waals surface area (Å²) in [6, 6.07) is 1.01. The first-order valence-electron chi connectivity index (χ1n) is 8.30. The van der Waals surface area contributed by atoms with Gasteiger partial charge in [-0.05, 0) is 26.7 Å². The van der Waals surface area contributed by atoms with Crippen molar-refractivity contribution < 1.29 is 0 Å². The van der Waals surface area contributed by atoms with E-state index in [0.717, 1.165) is 17.5 Å². The second-order valence-electron chi connectivity index (χ2n) is 6.84.